The lowest BCUT2D eigenvalue weighted by Crippen LogP contribution is -2.40. The number of carboxylic acid groups (broad SMARTS) is 1. The largest absolute Gasteiger partial charge is 0.477 e. The van der Waals surface area contributed by atoms with Crippen molar-refractivity contribution in [2.75, 3.05) is 47.5 Å². The third kappa shape index (κ3) is 65.5. The summed E-state index contributed by atoms with van der Waals surface area (Å²) in [4.78, 5) is 37.6. The number of unbranched alkanes of at least 4 members (excludes halogenated alkanes) is 10. The van der Waals surface area contributed by atoms with Gasteiger partial charge in [-0.2, -0.15) is 0 Å². The van der Waals surface area contributed by atoms with Crippen LogP contribution < -0.4 is 0 Å². The second-order valence-corrected chi connectivity index (χ2v) is 22.0. The van der Waals surface area contributed by atoms with E-state index in [-0.39, 0.29) is 32.7 Å². The number of hydrogen-bond acceptors (Lipinski definition) is 7. The summed E-state index contributed by atoms with van der Waals surface area (Å²) in [6.07, 6.45) is 96.6. The highest BCUT2D eigenvalue weighted by molar-refractivity contribution is 5.71. The van der Waals surface area contributed by atoms with Crippen LogP contribution in [-0.2, 0) is 33.3 Å². The Morgan fingerprint density at radius 3 is 0.965 bits per heavy atom. The van der Waals surface area contributed by atoms with Gasteiger partial charge in [0.05, 0.1) is 34.4 Å². The van der Waals surface area contributed by atoms with Crippen LogP contribution >= 0.6 is 0 Å². The normalized spacial score (nSPS) is 14.0. The smallest absolute Gasteiger partial charge is 0.361 e. The number of quaternary nitrogens is 1. The van der Waals surface area contributed by atoms with Gasteiger partial charge in [-0.25, -0.2) is 4.79 Å². The first-order valence-corrected chi connectivity index (χ1v) is 32.6. The maximum atomic E-state index is 12.9. The van der Waals surface area contributed by atoms with Crippen molar-refractivity contribution in [1.82, 2.24) is 0 Å². The molecule has 0 aliphatic rings. The van der Waals surface area contributed by atoms with Crippen LogP contribution in [0.5, 0.6) is 0 Å². The summed E-state index contributed by atoms with van der Waals surface area (Å²) in [6.45, 7) is 4.55. The van der Waals surface area contributed by atoms with Gasteiger partial charge in [-0.05, 0) is 141 Å². The van der Waals surface area contributed by atoms with Crippen molar-refractivity contribution in [3.05, 3.63) is 194 Å². The SMILES string of the molecule is CC/C=C\C/C=C\C/C=C\C/C=C\C/C=C\C/C=C\C/C=C\C/C=C\CCCCCCCCCCC(=O)OC(COC(=O)CCCC/C=C\C/C=C\C/C=C\C/C=C\C/C=C\C/C=C\C/C=C\C/C=C\CC)COC(OCC[N+](C)(C)C)C(=O)O. The average Bonchev–Trinajstić information content (AvgIpc) is 3.49. The summed E-state index contributed by atoms with van der Waals surface area (Å²) >= 11 is 0. The summed E-state index contributed by atoms with van der Waals surface area (Å²) < 4.78 is 22.9. The highest BCUT2D eigenvalue weighted by Gasteiger charge is 2.25. The molecule has 0 aliphatic carbocycles. The van der Waals surface area contributed by atoms with E-state index < -0.39 is 30.3 Å². The van der Waals surface area contributed by atoms with E-state index in [0.717, 1.165) is 141 Å². The minimum atomic E-state index is -1.54. The Labute approximate surface area is 519 Å². The monoisotopic (exact) mass is 1170 g/mol. The van der Waals surface area contributed by atoms with Gasteiger partial charge in [0, 0.05) is 12.8 Å². The Balaban J connectivity index is 4.35. The lowest BCUT2D eigenvalue weighted by molar-refractivity contribution is -0.870. The molecule has 0 fully saturated rings. The first-order chi connectivity index (χ1) is 41.6. The Hall–Kier alpha value is -5.87. The van der Waals surface area contributed by atoms with Crippen LogP contribution in [0.15, 0.2) is 194 Å². The van der Waals surface area contributed by atoms with Gasteiger partial charge in [-0.3, -0.25) is 9.59 Å². The van der Waals surface area contributed by atoms with E-state index in [0.29, 0.717) is 23.9 Å². The summed E-state index contributed by atoms with van der Waals surface area (Å²) in [7, 11) is 5.94. The van der Waals surface area contributed by atoms with E-state index in [1.54, 1.807) is 0 Å². The number of carbonyl (C=O) groups is 3. The van der Waals surface area contributed by atoms with Crippen LogP contribution in [0, 0.1) is 0 Å². The molecule has 0 heterocycles. The maximum absolute atomic E-state index is 12.9. The number of nitrogens with zero attached hydrogens (tertiary/aromatic N) is 1. The van der Waals surface area contributed by atoms with Crippen LogP contribution in [0.2, 0.25) is 0 Å². The van der Waals surface area contributed by atoms with Crippen molar-refractivity contribution < 1.29 is 42.9 Å². The molecule has 0 bridgehead atoms. The Bertz CT molecular complexity index is 2090. The Morgan fingerprint density at radius 1 is 0.353 bits per heavy atom. The fourth-order valence-electron chi connectivity index (χ4n) is 7.93. The number of carboxylic acids is 1. The molecule has 9 nitrogen and oxygen atoms in total. The molecule has 2 unspecified atom stereocenters. The lowest BCUT2D eigenvalue weighted by atomic mass is 10.1. The van der Waals surface area contributed by atoms with Gasteiger partial charge in [0.2, 0.25) is 0 Å². The fraction of sp³-hybridized carbons (Fsp3) is 0.539. The quantitative estimate of drug-likeness (QED) is 0.0211. The molecule has 0 rings (SSSR count). The zero-order chi connectivity index (χ0) is 61.9. The second-order valence-electron chi connectivity index (χ2n) is 22.0. The van der Waals surface area contributed by atoms with Crippen molar-refractivity contribution in [2.45, 2.75) is 219 Å². The van der Waals surface area contributed by atoms with Crippen LogP contribution in [0.4, 0.5) is 0 Å². The average molecular weight is 1170 g/mol. The summed E-state index contributed by atoms with van der Waals surface area (Å²) in [5.41, 5.74) is 0. The molecule has 0 aliphatic heterocycles. The fourth-order valence-corrected chi connectivity index (χ4v) is 7.93. The molecule has 85 heavy (non-hydrogen) atoms. The third-order valence-corrected chi connectivity index (χ3v) is 12.8. The van der Waals surface area contributed by atoms with Gasteiger partial charge in [0.1, 0.15) is 13.2 Å². The second kappa shape index (κ2) is 64.1. The van der Waals surface area contributed by atoms with Crippen molar-refractivity contribution in [3.8, 4) is 0 Å². The standard InChI is InChI=1S/C76H117NO8/c1-6-8-10-12-14-16-18-20-22-24-26-28-30-32-34-35-36-37-38-39-41-43-45-47-49-51-53-55-57-59-61-63-65-67-74(79)85-72(71-84-76(75(80)81)82-69-68-77(3,4)5)70-83-73(78)66-64-62-60-58-56-54-52-50-48-46-44-42-40-33-31-29-27-25-23-21-19-17-15-13-11-9-7-2/h8-11,14-17,20-23,26-29,32-34,36-37,39-41,44-47,50,52,56,58,72,76H,6-7,12-13,18-19,24-25,30-31,35,38,42-43,48-49,51,53-55,57,59-71H2,1-5H3/p+1/b10-8-,11-9-,16-14-,17-15-,22-20-,23-21-,28-26-,29-27-,34-32-,37-36-,40-33-,41-39-,46-44-,47-45-,52-50-,58-56-. The lowest BCUT2D eigenvalue weighted by Gasteiger charge is -2.25. The highest BCUT2D eigenvalue weighted by Crippen LogP contribution is 2.13. The van der Waals surface area contributed by atoms with Gasteiger partial charge in [0.15, 0.2) is 6.10 Å². The van der Waals surface area contributed by atoms with Crippen molar-refractivity contribution in [3.63, 3.8) is 0 Å². The molecule has 0 aromatic carbocycles. The molecule has 0 aromatic heterocycles. The van der Waals surface area contributed by atoms with Gasteiger partial charge in [-0.15, -0.1) is 0 Å². The van der Waals surface area contributed by atoms with E-state index in [1.165, 1.54) is 25.7 Å². The van der Waals surface area contributed by atoms with E-state index in [9.17, 15) is 19.5 Å². The van der Waals surface area contributed by atoms with Crippen LogP contribution in [0.1, 0.15) is 206 Å². The molecule has 0 saturated heterocycles. The first kappa shape index (κ1) is 79.1. The summed E-state index contributed by atoms with van der Waals surface area (Å²) in [6, 6.07) is 0. The first-order valence-electron chi connectivity index (χ1n) is 32.6. The van der Waals surface area contributed by atoms with Crippen LogP contribution in [0.3, 0.4) is 0 Å². The Morgan fingerprint density at radius 2 is 0.635 bits per heavy atom. The molecule has 474 valence electrons. The summed E-state index contributed by atoms with van der Waals surface area (Å²) in [5.74, 6) is -2.10. The van der Waals surface area contributed by atoms with E-state index in [4.69, 9.17) is 18.9 Å². The minimum Gasteiger partial charge on any atom is -0.477 e. The number of allylic oxidation sites excluding steroid dienone is 32. The number of rotatable bonds is 57. The molecule has 1 N–H and O–H groups in total. The molecule has 2 atom stereocenters. The van der Waals surface area contributed by atoms with Crippen molar-refractivity contribution in [2.24, 2.45) is 0 Å². The van der Waals surface area contributed by atoms with Crippen LogP contribution in [-0.4, -0.2) is 87.4 Å². The number of aliphatic carboxylic acids is 1. The Kier molecular flexibility index (Phi) is 59.7. The third-order valence-electron chi connectivity index (χ3n) is 12.8. The van der Waals surface area contributed by atoms with Crippen molar-refractivity contribution in [1.29, 1.82) is 0 Å². The van der Waals surface area contributed by atoms with Crippen molar-refractivity contribution >= 4 is 17.9 Å². The molecule has 0 aromatic rings. The zero-order valence-electron chi connectivity index (χ0n) is 53.9. The van der Waals surface area contributed by atoms with E-state index >= 15 is 0 Å². The number of ether oxygens (including phenoxy) is 4. The molecule has 0 amide bonds. The van der Waals surface area contributed by atoms with Gasteiger partial charge in [0.25, 0.3) is 6.29 Å². The summed E-state index contributed by atoms with van der Waals surface area (Å²) in [5, 5.41) is 9.73. The molecular formula is C76H118NO8+. The van der Waals surface area contributed by atoms with Gasteiger partial charge >= 0.3 is 17.9 Å². The minimum absolute atomic E-state index is 0.167. The van der Waals surface area contributed by atoms with Gasteiger partial charge < -0.3 is 28.5 Å². The number of hydrogen-bond donors (Lipinski definition) is 1. The zero-order valence-corrected chi connectivity index (χ0v) is 53.9. The topological polar surface area (TPSA) is 108 Å². The number of likely N-dealkylation sites (N-methyl/N-ethyl adjacent to an activating group) is 1. The molecular weight excluding hydrogens is 1050 g/mol. The van der Waals surface area contributed by atoms with E-state index in [1.807, 2.05) is 21.1 Å². The number of carbonyl (C=O) groups excluding carboxylic acids is 2. The predicted molar refractivity (Wildman–Crippen MR) is 363 cm³/mol. The highest BCUT2D eigenvalue weighted by atomic mass is 16.7. The molecule has 0 spiro atoms. The number of esters is 2. The molecule has 0 radical (unpaired) electrons. The van der Waals surface area contributed by atoms with Gasteiger partial charge in [-0.1, -0.05) is 247 Å². The molecule has 9 heteroatoms. The molecule has 0 saturated carbocycles. The van der Waals surface area contributed by atoms with Crippen LogP contribution in [0.25, 0.3) is 0 Å². The predicted octanol–water partition coefficient (Wildman–Crippen LogP) is 20.2. The maximum Gasteiger partial charge on any atom is 0.361 e. The van der Waals surface area contributed by atoms with E-state index in [2.05, 4.69) is 208 Å².